The maximum absolute atomic E-state index is 13.2. The number of hydrogen-bond acceptors (Lipinski definition) is 4. The Kier molecular flexibility index (Phi) is 5.98. The summed E-state index contributed by atoms with van der Waals surface area (Å²) in [7, 11) is 0. The Bertz CT molecular complexity index is 891. The van der Waals surface area contributed by atoms with Gasteiger partial charge in [-0.25, -0.2) is 14.2 Å². The van der Waals surface area contributed by atoms with Gasteiger partial charge in [-0.3, -0.25) is 0 Å². The molecular weight excluding hydrogens is 422 g/mol. The van der Waals surface area contributed by atoms with E-state index in [0.717, 1.165) is 52.5 Å². The molecule has 5 nitrogen and oxygen atoms in total. The molecule has 0 bridgehead atoms. The number of aromatic nitrogens is 1. The highest BCUT2D eigenvalue weighted by atomic mass is 79.9. The van der Waals surface area contributed by atoms with Gasteiger partial charge in [0.2, 0.25) is 0 Å². The van der Waals surface area contributed by atoms with Crippen molar-refractivity contribution in [3.8, 4) is 11.3 Å². The van der Waals surface area contributed by atoms with Crippen LogP contribution in [0.25, 0.3) is 11.3 Å². The summed E-state index contributed by atoms with van der Waals surface area (Å²) < 4.78 is 13.4. The molecule has 150 valence electrons. The fourth-order valence-corrected chi connectivity index (χ4v) is 3.89. The second kappa shape index (κ2) is 8.11. The van der Waals surface area contributed by atoms with Crippen LogP contribution in [0.5, 0.6) is 0 Å². The van der Waals surface area contributed by atoms with Crippen molar-refractivity contribution in [3.63, 3.8) is 0 Å². The van der Waals surface area contributed by atoms with E-state index in [1.54, 1.807) is 6.92 Å². The summed E-state index contributed by atoms with van der Waals surface area (Å²) in [5.74, 6) is -0.477. The largest absolute Gasteiger partial charge is 0.461 e. The van der Waals surface area contributed by atoms with Crippen molar-refractivity contribution in [1.82, 2.24) is 4.57 Å². The van der Waals surface area contributed by atoms with E-state index < -0.39 is 17.7 Å². The van der Waals surface area contributed by atoms with Crippen molar-refractivity contribution in [2.24, 2.45) is 0 Å². The number of ether oxygens (including phenoxy) is 2. The van der Waals surface area contributed by atoms with Crippen molar-refractivity contribution in [3.05, 3.63) is 45.6 Å². The monoisotopic (exact) mass is 447 g/mol. The highest BCUT2D eigenvalue weighted by Crippen LogP contribution is 2.38. The normalized spacial score (nSPS) is 13.8. The van der Waals surface area contributed by atoms with Gasteiger partial charge in [0.25, 0.3) is 0 Å². The van der Waals surface area contributed by atoms with Gasteiger partial charge in [0, 0.05) is 4.47 Å². The van der Waals surface area contributed by atoms with Gasteiger partial charge in [0.15, 0.2) is 0 Å². The lowest BCUT2D eigenvalue weighted by atomic mass is 9.90. The third-order valence-corrected chi connectivity index (χ3v) is 5.18. The summed E-state index contributed by atoms with van der Waals surface area (Å²) >= 11 is 3.46. The van der Waals surface area contributed by atoms with Gasteiger partial charge in [0.05, 0.1) is 12.3 Å². The molecular formula is C22H26BrNO4. The lowest BCUT2D eigenvalue weighted by Crippen LogP contribution is -2.30. The van der Waals surface area contributed by atoms with Gasteiger partial charge in [-0.1, -0.05) is 28.1 Å². The summed E-state index contributed by atoms with van der Waals surface area (Å²) in [6.07, 6.45) is 3.03. The molecule has 1 aliphatic carbocycles. The molecule has 6 heteroatoms. The minimum atomic E-state index is -0.676. The number of carbonyl (C=O) groups excluding carboxylic acids is 2. The quantitative estimate of drug-likeness (QED) is 0.561. The van der Waals surface area contributed by atoms with Crippen LogP contribution in [0.1, 0.15) is 62.2 Å². The van der Waals surface area contributed by atoms with Gasteiger partial charge in [-0.2, -0.15) is 0 Å². The zero-order valence-corrected chi connectivity index (χ0v) is 18.4. The Morgan fingerprint density at radius 3 is 2.25 bits per heavy atom. The van der Waals surface area contributed by atoms with Crippen LogP contribution in [0.15, 0.2) is 28.7 Å². The Morgan fingerprint density at radius 2 is 1.68 bits per heavy atom. The summed E-state index contributed by atoms with van der Waals surface area (Å²) in [4.78, 5) is 26.0. The highest BCUT2D eigenvalue weighted by Gasteiger charge is 2.34. The van der Waals surface area contributed by atoms with E-state index in [2.05, 4.69) is 15.9 Å². The first-order chi connectivity index (χ1) is 13.2. The molecule has 1 aliphatic rings. The van der Waals surface area contributed by atoms with Crippen molar-refractivity contribution >= 4 is 28.0 Å². The number of hydrogen-bond donors (Lipinski definition) is 0. The summed E-state index contributed by atoms with van der Waals surface area (Å²) in [6.45, 7) is 7.47. The van der Waals surface area contributed by atoms with Crippen molar-refractivity contribution in [2.45, 2.75) is 59.0 Å². The van der Waals surface area contributed by atoms with Gasteiger partial charge >= 0.3 is 12.1 Å². The molecule has 1 aromatic heterocycles. The van der Waals surface area contributed by atoms with Gasteiger partial charge in [-0.15, -0.1) is 0 Å². The Labute approximate surface area is 174 Å². The molecule has 0 saturated carbocycles. The SMILES string of the molecule is CCOC(=O)c1c2c(c(-c3ccc(Br)cc3)n1C(=O)OC(C)(C)C)CCCC2. The lowest BCUT2D eigenvalue weighted by molar-refractivity contribution is 0.0449. The fraction of sp³-hybridized carbons (Fsp3) is 0.455. The molecule has 0 spiro atoms. The van der Waals surface area contributed by atoms with Crippen LogP contribution in [-0.2, 0) is 22.3 Å². The van der Waals surface area contributed by atoms with Crippen LogP contribution >= 0.6 is 15.9 Å². The minimum absolute atomic E-state index is 0.251. The average molecular weight is 448 g/mol. The number of nitrogens with zero attached hydrogens (tertiary/aromatic N) is 1. The molecule has 1 aromatic carbocycles. The Hall–Kier alpha value is -2.08. The summed E-state index contributed by atoms with van der Waals surface area (Å²) in [6, 6.07) is 7.76. The zero-order chi connectivity index (χ0) is 20.5. The number of esters is 1. The standard InChI is InChI=1S/C22H26BrNO4/c1-5-27-20(25)19-17-9-7-6-8-16(17)18(14-10-12-15(23)13-11-14)24(19)21(26)28-22(2,3)4/h10-13H,5-9H2,1-4H3. The molecule has 0 fully saturated rings. The Morgan fingerprint density at radius 1 is 1.07 bits per heavy atom. The van der Waals surface area contributed by atoms with Crippen LogP contribution < -0.4 is 0 Å². The first-order valence-electron chi connectivity index (χ1n) is 9.65. The molecule has 1 heterocycles. The molecule has 0 unspecified atom stereocenters. The average Bonchev–Trinajstić information content (AvgIpc) is 2.97. The van der Waals surface area contributed by atoms with Crippen LogP contribution in [0.4, 0.5) is 4.79 Å². The zero-order valence-electron chi connectivity index (χ0n) is 16.8. The maximum atomic E-state index is 13.2. The molecule has 0 amide bonds. The first kappa shape index (κ1) is 20.6. The topological polar surface area (TPSA) is 57.5 Å². The van der Waals surface area contributed by atoms with Gasteiger partial charge < -0.3 is 9.47 Å². The third kappa shape index (κ3) is 4.17. The van der Waals surface area contributed by atoms with E-state index in [-0.39, 0.29) is 6.61 Å². The lowest BCUT2D eigenvalue weighted by Gasteiger charge is -2.21. The van der Waals surface area contributed by atoms with Gasteiger partial charge in [0.1, 0.15) is 11.3 Å². The molecule has 3 rings (SSSR count). The van der Waals surface area contributed by atoms with Crippen LogP contribution in [0.2, 0.25) is 0 Å². The van der Waals surface area contributed by atoms with Gasteiger partial charge in [-0.05, 0) is 82.2 Å². The van der Waals surface area contributed by atoms with Crippen LogP contribution in [0, 0.1) is 0 Å². The highest BCUT2D eigenvalue weighted by molar-refractivity contribution is 9.10. The summed E-state index contributed by atoms with van der Waals surface area (Å²) in [5.41, 5.74) is 3.20. The molecule has 0 radical (unpaired) electrons. The van der Waals surface area contributed by atoms with Crippen molar-refractivity contribution in [1.29, 1.82) is 0 Å². The van der Waals surface area contributed by atoms with E-state index >= 15 is 0 Å². The molecule has 0 aliphatic heterocycles. The van der Waals surface area contributed by atoms with Crippen LogP contribution in [0.3, 0.4) is 0 Å². The fourth-order valence-electron chi connectivity index (χ4n) is 3.62. The second-order valence-electron chi connectivity index (χ2n) is 7.90. The van der Waals surface area contributed by atoms with Crippen molar-refractivity contribution in [2.75, 3.05) is 6.61 Å². The maximum Gasteiger partial charge on any atom is 0.419 e. The smallest absolute Gasteiger partial charge is 0.419 e. The number of halogens is 1. The first-order valence-corrected chi connectivity index (χ1v) is 10.4. The van der Waals surface area contributed by atoms with E-state index in [9.17, 15) is 9.59 Å². The minimum Gasteiger partial charge on any atom is -0.461 e. The predicted molar refractivity (Wildman–Crippen MR) is 112 cm³/mol. The Balaban J connectivity index is 2.28. The van der Waals surface area contributed by atoms with E-state index in [0.29, 0.717) is 5.69 Å². The molecule has 2 aromatic rings. The molecule has 0 saturated heterocycles. The number of carbonyl (C=O) groups is 2. The predicted octanol–water partition coefficient (Wildman–Crippen LogP) is 5.76. The van der Waals surface area contributed by atoms with E-state index in [4.69, 9.17) is 9.47 Å². The van der Waals surface area contributed by atoms with E-state index in [1.165, 1.54) is 4.57 Å². The molecule has 28 heavy (non-hydrogen) atoms. The number of benzene rings is 1. The van der Waals surface area contributed by atoms with Crippen molar-refractivity contribution < 1.29 is 19.1 Å². The van der Waals surface area contributed by atoms with E-state index in [1.807, 2.05) is 45.0 Å². The second-order valence-corrected chi connectivity index (χ2v) is 8.82. The molecule has 0 N–H and O–H groups in total. The summed E-state index contributed by atoms with van der Waals surface area (Å²) in [5, 5.41) is 0. The van der Waals surface area contributed by atoms with Crippen LogP contribution in [-0.4, -0.2) is 28.8 Å². The third-order valence-electron chi connectivity index (χ3n) is 4.65. The number of fused-ring (bicyclic) bond motifs is 1. The number of rotatable bonds is 3. The molecule has 0 atom stereocenters.